The van der Waals surface area contributed by atoms with E-state index in [1.54, 1.807) is 11.5 Å². The van der Waals surface area contributed by atoms with Crippen molar-refractivity contribution in [3.63, 3.8) is 0 Å². The highest BCUT2D eigenvalue weighted by Crippen LogP contribution is 2.20. The Morgan fingerprint density at radius 2 is 2.00 bits per heavy atom. The molecule has 1 atom stereocenters. The second-order valence-electron chi connectivity index (χ2n) is 4.72. The lowest BCUT2D eigenvalue weighted by Gasteiger charge is -2.18. The summed E-state index contributed by atoms with van der Waals surface area (Å²) >= 11 is 1.14. The van der Waals surface area contributed by atoms with E-state index < -0.39 is 0 Å². The molecule has 0 bridgehead atoms. The van der Waals surface area contributed by atoms with E-state index in [1.807, 2.05) is 31.2 Å². The van der Waals surface area contributed by atoms with Crippen LogP contribution in [0.4, 0.5) is 0 Å². The Morgan fingerprint density at radius 1 is 1.33 bits per heavy atom. The van der Waals surface area contributed by atoms with E-state index in [0.29, 0.717) is 13.0 Å². The summed E-state index contributed by atoms with van der Waals surface area (Å²) in [6, 6.07) is 10.0. The van der Waals surface area contributed by atoms with Crippen molar-refractivity contribution >= 4 is 25.7 Å². The first-order valence-electron chi connectivity index (χ1n) is 6.80. The summed E-state index contributed by atoms with van der Waals surface area (Å²) in [6.45, 7) is 4.70. The van der Waals surface area contributed by atoms with Crippen LogP contribution in [0.2, 0.25) is 0 Å². The Labute approximate surface area is 139 Å². The molecule has 21 heavy (non-hydrogen) atoms. The molecule has 1 rings (SSSR count). The molecule has 0 spiro atoms. The van der Waals surface area contributed by atoms with E-state index in [-0.39, 0.29) is 19.4 Å². The zero-order valence-corrected chi connectivity index (χ0v) is 14.7. The molecule has 0 aliphatic rings. The Bertz CT molecular complexity index is 421. The van der Waals surface area contributed by atoms with Crippen molar-refractivity contribution in [2.45, 2.75) is 33.1 Å². The van der Waals surface area contributed by atoms with E-state index in [4.69, 9.17) is 14.3 Å². The molecule has 0 heterocycles. The number of hydrogen-bond acceptors (Lipinski definition) is 5. The van der Waals surface area contributed by atoms with Gasteiger partial charge in [0.25, 0.3) is 0 Å². The summed E-state index contributed by atoms with van der Waals surface area (Å²) in [7, 11) is 1.80. The minimum Gasteiger partial charge on any atom is -0.408 e. The smallest absolute Gasteiger partial charge is 0.173 e. The third kappa shape index (κ3) is 8.89. The molecule has 0 amide bonds. The van der Waals surface area contributed by atoms with Crippen LogP contribution in [0.3, 0.4) is 0 Å². The van der Waals surface area contributed by atoms with Gasteiger partial charge in [0.15, 0.2) is 12.2 Å². The lowest BCUT2D eigenvalue weighted by molar-refractivity contribution is -0.0758. The molecule has 0 aliphatic carbocycles. The van der Waals surface area contributed by atoms with Crippen LogP contribution in [-0.2, 0) is 4.84 Å². The summed E-state index contributed by atoms with van der Waals surface area (Å²) in [5.41, 5.74) is 1.20. The molecule has 4 nitrogen and oxygen atoms in total. The van der Waals surface area contributed by atoms with Gasteiger partial charge in [0.2, 0.25) is 0 Å². The Hall–Kier alpha value is -0.870. The highest BCUT2D eigenvalue weighted by molar-refractivity contribution is 7.92. The largest absolute Gasteiger partial charge is 0.408 e. The summed E-state index contributed by atoms with van der Waals surface area (Å²) < 4.78 is 7.11. The van der Waals surface area contributed by atoms with Gasteiger partial charge in [0, 0.05) is 13.5 Å². The van der Waals surface area contributed by atoms with E-state index in [1.165, 1.54) is 5.56 Å². The number of hydroxylamine groups is 1. The van der Waals surface area contributed by atoms with E-state index >= 15 is 0 Å². The zero-order chi connectivity index (χ0) is 14.8. The van der Waals surface area contributed by atoms with E-state index in [9.17, 15) is 0 Å². The fourth-order valence-corrected chi connectivity index (χ4v) is 2.11. The Balaban J connectivity index is 0.00000400. The minimum atomic E-state index is 0. The number of aryl methyl sites for hydroxylation is 1. The van der Waals surface area contributed by atoms with Crippen LogP contribution in [0.1, 0.15) is 31.7 Å². The lowest BCUT2D eigenvalue weighted by Crippen LogP contribution is -2.18. The van der Waals surface area contributed by atoms with Crippen molar-refractivity contribution in [1.29, 1.82) is 5.26 Å². The monoisotopic (exact) mass is 328 g/mol. The van der Waals surface area contributed by atoms with Gasteiger partial charge in [-0.15, -0.1) is 0 Å². The summed E-state index contributed by atoms with van der Waals surface area (Å²) in [4.78, 5) is 5.57. The first-order valence-corrected chi connectivity index (χ1v) is 7.50. The van der Waals surface area contributed by atoms with Crippen molar-refractivity contribution in [3.8, 4) is 11.8 Å². The molecule has 0 aliphatic heterocycles. The van der Waals surface area contributed by atoms with Crippen LogP contribution in [0.15, 0.2) is 24.3 Å². The van der Waals surface area contributed by atoms with Gasteiger partial charge in [0.1, 0.15) is 5.75 Å². The van der Waals surface area contributed by atoms with Gasteiger partial charge in [-0.1, -0.05) is 35.5 Å². The van der Waals surface area contributed by atoms with Crippen molar-refractivity contribution in [2.75, 3.05) is 13.7 Å². The first kappa shape index (κ1) is 20.1. The normalized spacial score (nSPS) is 11.6. The third-order valence-corrected chi connectivity index (χ3v) is 3.41. The summed E-state index contributed by atoms with van der Waals surface area (Å²) in [5.74, 6) is 1.07. The fourth-order valence-electron chi connectivity index (χ4n) is 1.70. The van der Waals surface area contributed by atoms with Crippen LogP contribution in [0, 0.1) is 24.2 Å². The second-order valence-corrected chi connectivity index (χ2v) is 5.55. The van der Waals surface area contributed by atoms with Crippen LogP contribution >= 0.6 is 25.7 Å². The van der Waals surface area contributed by atoms with Crippen molar-refractivity contribution in [3.05, 3.63) is 29.8 Å². The van der Waals surface area contributed by atoms with Gasteiger partial charge < -0.3 is 4.18 Å². The molecule has 0 radical (unpaired) electrons. The van der Waals surface area contributed by atoms with Crippen LogP contribution in [0.25, 0.3) is 0 Å². The molecule has 0 saturated heterocycles. The van der Waals surface area contributed by atoms with E-state index in [2.05, 4.69) is 13.0 Å². The molecule has 0 fully saturated rings. The van der Waals surface area contributed by atoms with Gasteiger partial charge >= 0.3 is 0 Å². The average molecular weight is 329 g/mol. The van der Waals surface area contributed by atoms with Crippen molar-refractivity contribution in [1.82, 2.24) is 4.47 Å². The topological polar surface area (TPSA) is 45.5 Å². The van der Waals surface area contributed by atoms with Crippen LogP contribution in [-0.4, -0.2) is 18.1 Å². The van der Waals surface area contributed by atoms with Crippen LogP contribution < -0.4 is 4.18 Å². The highest BCUT2D eigenvalue weighted by Gasteiger charge is 2.10. The predicted octanol–water partition coefficient (Wildman–Crippen LogP) is 4.24. The maximum Gasteiger partial charge on any atom is 0.173 e. The molecule has 0 N–H and O–H groups in total. The van der Waals surface area contributed by atoms with Crippen molar-refractivity contribution < 1.29 is 9.02 Å². The Kier molecular flexibility index (Phi) is 11.3. The fraction of sp³-hybridized carbons (Fsp3) is 0.533. The van der Waals surface area contributed by atoms with Gasteiger partial charge in [-0.25, -0.2) is 0 Å². The first-order chi connectivity index (χ1) is 9.65. The molecule has 6 heteroatoms. The molecular weight excluding hydrogens is 304 g/mol. The zero-order valence-electron chi connectivity index (χ0n) is 12.8. The summed E-state index contributed by atoms with van der Waals surface area (Å²) in [6.07, 6.45) is 2.60. The predicted molar refractivity (Wildman–Crippen MR) is 92.1 cm³/mol. The molecule has 118 valence electrons. The van der Waals surface area contributed by atoms with Crippen LogP contribution in [0.5, 0.6) is 5.75 Å². The molecular formula is C15H24N2O2S2. The molecule has 0 aromatic heterocycles. The Morgan fingerprint density at radius 3 is 2.57 bits per heavy atom. The minimum absolute atomic E-state index is 0. The highest BCUT2D eigenvalue weighted by atomic mass is 32.2. The lowest BCUT2D eigenvalue weighted by atomic mass is 10.0. The number of nitriles is 1. The van der Waals surface area contributed by atoms with Gasteiger partial charge in [-0.2, -0.15) is 18.8 Å². The van der Waals surface area contributed by atoms with Gasteiger partial charge in [0.05, 0.1) is 12.7 Å². The molecule has 1 aromatic rings. The summed E-state index contributed by atoms with van der Waals surface area (Å²) in [5, 5.41) is 8.75. The number of hydrogen-bond donors (Lipinski definition) is 0. The molecule has 1 aromatic carbocycles. The second kappa shape index (κ2) is 11.8. The van der Waals surface area contributed by atoms with Gasteiger partial charge in [-0.05, 0) is 31.4 Å². The van der Waals surface area contributed by atoms with Crippen molar-refractivity contribution in [2.24, 2.45) is 5.92 Å². The SMILES string of the molecule is CCCC(CC#N)CON(C)SOc1ccc(C)cc1.S. The third-order valence-electron chi connectivity index (χ3n) is 2.83. The number of rotatable bonds is 9. The quantitative estimate of drug-likeness (QED) is 0.385. The molecule has 1 unspecified atom stereocenters. The standard InChI is InChI=1S/C15H22N2O2S.H2S/c1-4-5-14(10-11-16)12-18-17(3)20-19-15-8-6-13(2)7-9-15;/h6-9,14H,4-5,10,12H2,1-3H3;1H2. The van der Waals surface area contributed by atoms with E-state index in [0.717, 1.165) is 30.8 Å². The average Bonchev–Trinajstić information content (AvgIpc) is 2.44. The maximum absolute atomic E-state index is 8.75. The maximum atomic E-state index is 8.75. The van der Waals surface area contributed by atoms with Gasteiger partial charge in [-0.3, -0.25) is 4.84 Å². The number of nitrogens with zero attached hydrogens (tertiary/aromatic N) is 2. The molecule has 0 saturated carbocycles. The number of benzene rings is 1.